The van der Waals surface area contributed by atoms with E-state index in [-0.39, 0.29) is 0 Å². The summed E-state index contributed by atoms with van der Waals surface area (Å²) in [6.45, 7) is 5.30. The highest BCUT2D eigenvalue weighted by molar-refractivity contribution is 4.84. The van der Waals surface area contributed by atoms with Crippen molar-refractivity contribution in [1.29, 1.82) is 0 Å². The number of hydrogen-bond donors (Lipinski definition) is 0. The maximum absolute atomic E-state index is 4.05. The molecule has 2 aliphatic rings. The fourth-order valence-corrected chi connectivity index (χ4v) is 3.49. The van der Waals surface area contributed by atoms with E-state index >= 15 is 0 Å². The molecule has 0 saturated heterocycles. The molecule has 0 spiro atoms. The molecule has 1 nitrogen and oxygen atoms in total. The van der Waals surface area contributed by atoms with Crippen LogP contribution in [0.4, 0.5) is 0 Å². The first-order valence-corrected chi connectivity index (χ1v) is 6.97. The predicted octanol–water partition coefficient (Wildman–Crippen LogP) is 3.79. The largest absolute Gasteiger partial charge is 0.297 e. The van der Waals surface area contributed by atoms with Crippen molar-refractivity contribution in [2.75, 3.05) is 6.54 Å². The Morgan fingerprint density at radius 1 is 0.800 bits per heavy atom. The molecule has 2 fully saturated rings. The van der Waals surface area contributed by atoms with Crippen molar-refractivity contribution < 1.29 is 0 Å². The highest BCUT2D eigenvalue weighted by Gasteiger charge is 2.28. The minimum atomic E-state index is 0.906. The van der Waals surface area contributed by atoms with Crippen molar-refractivity contribution >= 4 is 0 Å². The Morgan fingerprint density at radius 3 is 1.73 bits per heavy atom. The van der Waals surface area contributed by atoms with Crippen LogP contribution in [0.3, 0.4) is 0 Å². The van der Waals surface area contributed by atoms with Gasteiger partial charge in [0.15, 0.2) is 0 Å². The summed E-state index contributed by atoms with van der Waals surface area (Å²) in [5.74, 6) is 0. The molecule has 0 unspecified atom stereocenters. The second-order valence-corrected chi connectivity index (χ2v) is 5.32. The van der Waals surface area contributed by atoms with Gasteiger partial charge in [-0.05, 0) is 38.6 Å². The average Bonchev–Trinajstić information content (AvgIpc) is 2.80. The van der Waals surface area contributed by atoms with E-state index in [2.05, 4.69) is 11.8 Å². The maximum Gasteiger partial charge on any atom is 0.00981 e. The van der Waals surface area contributed by atoms with Crippen molar-refractivity contribution in [2.24, 2.45) is 0 Å². The van der Waals surface area contributed by atoms with Gasteiger partial charge in [-0.1, -0.05) is 39.0 Å². The summed E-state index contributed by atoms with van der Waals surface area (Å²) in [5.41, 5.74) is 0. The maximum atomic E-state index is 4.05. The lowest BCUT2D eigenvalue weighted by molar-refractivity contribution is 0.108. The van der Waals surface area contributed by atoms with Gasteiger partial charge >= 0.3 is 0 Å². The molecule has 0 aromatic rings. The molecule has 2 rings (SSSR count). The summed E-state index contributed by atoms with van der Waals surface area (Å²) >= 11 is 0. The monoisotopic (exact) mass is 208 g/mol. The smallest absolute Gasteiger partial charge is 0.00981 e. The van der Waals surface area contributed by atoms with E-state index in [0.29, 0.717) is 0 Å². The summed E-state index contributed by atoms with van der Waals surface area (Å²) < 4.78 is 0. The lowest BCUT2D eigenvalue weighted by Crippen LogP contribution is -2.43. The van der Waals surface area contributed by atoms with Crippen LogP contribution in [0.1, 0.15) is 64.2 Å². The normalized spacial score (nSPS) is 25.2. The molecular weight excluding hydrogens is 182 g/mol. The lowest BCUT2D eigenvalue weighted by Gasteiger charge is -2.38. The first-order valence-electron chi connectivity index (χ1n) is 6.97. The van der Waals surface area contributed by atoms with Crippen molar-refractivity contribution in [3.8, 4) is 0 Å². The molecule has 0 aromatic carbocycles. The molecule has 0 bridgehead atoms. The highest BCUT2D eigenvalue weighted by atomic mass is 15.2. The molecule has 1 heteroatoms. The predicted molar refractivity (Wildman–Crippen MR) is 65.8 cm³/mol. The third-order valence-electron chi connectivity index (χ3n) is 4.25. The van der Waals surface area contributed by atoms with Gasteiger partial charge in [0.2, 0.25) is 0 Å². The summed E-state index contributed by atoms with van der Waals surface area (Å²) in [5, 5.41) is 0. The minimum absolute atomic E-state index is 0.906. The molecular formula is C14H26N. The van der Waals surface area contributed by atoms with Crippen LogP contribution in [0.15, 0.2) is 0 Å². The Morgan fingerprint density at radius 2 is 1.27 bits per heavy atom. The van der Waals surface area contributed by atoms with Crippen molar-refractivity contribution in [3.63, 3.8) is 0 Å². The van der Waals surface area contributed by atoms with Gasteiger partial charge in [-0.25, -0.2) is 0 Å². The minimum Gasteiger partial charge on any atom is -0.297 e. The molecule has 0 N–H and O–H groups in total. The molecule has 0 amide bonds. The summed E-state index contributed by atoms with van der Waals surface area (Å²) in [4.78, 5) is 2.82. The zero-order valence-corrected chi connectivity index (χ0v) is 10.1. The average molecular weight is 208 g/mol. The Bertz CT molecular complexity index is 166. The molecule has 0 heterocycles. The van der Waals surface area contributed by atoms with Gasteiger partial charge in [-0.15, -0.1) is 0 Å². The number of hydrogen-bond acceptors (Lipinski definition) is 1. The zero-order valence-electron chi connectivity index (χ0n) is 10.1. The third kappa shape index (κ3) is 2.96. The zero-order chi connectivity index (χ0) is 10.5. The van der Waals surface area contributed by atoms with Gasteiger partial charge < -0.3 is 0 Å². The van der Waals surface area contributed by atoms with Crippen LogP contribution in [0.2, 0.25) is 0 Å². The van der Waals surface area contributed by atoms with Crippen LogP contribution < -0.4 is 0 Å². The lowest BCUT2D eigenvalue weighted by atomic mass is 9.92. The molecule has 2 aliphatic carbocycles. The second-order valence-electron chi connectivity index (χ2n) is 5.32. The third-order valence-corrected chi connectivity index (χ3v) is 4.25. The molecule has 15 heavy (non-hydrogen) atoms. The molecule has 2 saturated carbocycles. The molecule has 1 radical (unpaired) electrons. The van der Waals surface area contributed by atoms with Gasteiger partial charge in [0, 0.05) is 12.1 Å². The van der Waals surface area contributed by atoms with Crippen LogP contribution >= 0.6 is 0 Å². The Kier molecular flexibility index (Phi) is 4.49. The van der Waals surface area contributed by atoms with Gasteiger partial charge in [-0.2, -0.15) is 0 Å². The number of rotatable bonds is 4. The first kappa shape index (κ1) is 11.4. The summed E-state index contributed by atoms with van der Waals surface area (Å²) in [7, 11) is 0. The second kappa shape index (κ2) is 5.89. The molecule has 87 valence electrons. The van der Waals surface area contributed by atoms with Crippen LogP contribution in [-0.2, 0) is 0 Å². The SMILES string of the molecule is [CH2]CCN(C1CCCCC1)C1CCCC1. The van der Waals surface area contributed by atoms with Gasteiger partial charge in [0.1, 0.15) is 0 Å². The van der Waals surface area contributed by atoms with E-state index in [9.17, 15) is 0 Å². The highest BCUT2D eigenvalue weighted by Crippen LogP contribution is 2.30. The Hall–Kier alpha value is -0.0400. The van der Waals surface area contributed by atoms with Gasteiger partial charge in [0.05, 0.1) is 0 Å². The van der Waals surface area contributed by atoms with Gasteiger partial charge in [0.25, 0.3) is 0 Å². The van der Waals surface area contributed by atoms with E-state index in [4.69, 9.17) is 0 Å². The fourth-order valence-electron chi connectivity index (χ4n) is 3.49. The first-order chi connectivity index (χ1) is 7.42. The van der Waals surface area contributed by atoms with Crippen LogP contribution in [0.5, 0.6) is 0 Å². The van der Waals surface area contributed by atoms with E-state index in [0.717, 1.165) is 18.5 Å². The molecule has 0 aliphatic heterocycles. The molecule has 0 aromatic heterocycles. The molecule has 0 atom stereocenters. The Labute approximate surface area is 95.2 Å². The summed E-state index contributed by atoms with van der Waals surface area (Å²) in [6, 6.07) is 1.82. The van der Waals surface area contributed by atoms with Crippen molar-refractivity contribution in [1.82, 2.24) is 4.90 Å². The van der Waals surface area contributed by atoms with E-state index in [1.165, 1.54) is 64.3 Å². The van der Waals surface area contributed by atoms with Gasteiger partial charge in [-0.3, -0.25) is 4.90 Å². The van der Waals surface area contributed by atoms with Crippen LogP contribution in [-0.4, -0.2) is 23.5 Å². The van der Waals surface area contributed by atoms with Crippen LogP contribution in [0, 0.1) is 6.92 Å². The standard InChI is InChI=1S/C14H26N/c1-2-12-15(14-10-6-7-11-14)13-8-4-3-5-9-13/h13-14H,1-12H2. The van der Waals surface area contributed by atoms with E-state index in [1.54, 1.807) is 0 Å². The quantitative estimate of drug-likeness (QED) is 0.679. The topological polar surface area (TPSA) is 3.24 Å². The van der Waals surface area contributed by atoms with E-state index < -0.39 is 0 Å². The Balaban J connectivity index is 1.90. The summed E-state index contributed by atoms with van der Waals surface area (Å²) in [6.07, 6.45) is 14.2. The fraction of sp³-hybridized carbons (Fsp3) is 0.929. The number of nitrogens with zero attached hydrogens (tertiary/aromatic N) is 1. The van der Waals surface area contributed by atoms with Crippen molar-refractivity contribution in [3.05, 3.63) is 6.92 Å². The van der Waals surface area contributed by atoms with E-state index in [1.807, 2.05) is 0 Å². The van der Waals surface area contributed by atoms with Crippen molar-refractivity contribution in [2.45, 2.75) is 76.3 Å². The van der Waals surface area contributed by atoms with Crippen LogP contribution in [0.25, 0.3) is 0 Å².